The summed E-state index contributed by atoms with van der Waals surface area (Å²) in [4.78, 5) is 12.1. The van der Waals surface area contributed by atoms with Crippen molar-refractivity contribution in [2.24, 2.45) is 0 Å². The second-order valence-electron chi connectivity index (χ2n) is 3.81. The maximum Gasteiger partial charge on any atom is 0.200 e. The molecule has 0 aliphatic carbocycles. The quantitative estimate of drug-likeness (QED) is 0.674. The number of halogens is 4. The molecule has 2 rings (SSSR count). The predicted molar refractivity (Wildman–Crippen MR) is 68.3 cm³/mol. The number of nitrogens with two attached hydrogens (primary N) is 1. The molecule has 0 fully saturated rings. The van der Waals surface area contributed by atoms with Gasteiger partial charge < -0.3 is 5.73 Å². The summed E-state index contributed by atoms with van der Waals surface area (Å²) >= 11 is 3.10. The number of ketones is 1. The van der Waals surface area contributed by atoms with Crippen LogP contribution in [0.15, 0.2) is 34.8 Å². The van der Waals surface area contributed by atoms with Crippen molar-refractivity contribution >= 4 is 27.4 Å². The Labute approximate surface area is 115 Å². The van der Waals surface area contributed by atoms with E-state index < -0.39 is 28.8 Å². The molecule has 0 radical (unpaired) electrons. The Hall–Kier alpha value is -1.82. The van der Waals surface area contributed by atoms with Crippen LogP contribution < -0.4 is 5.73 Å². The zero-order chi connectivity index (χ0) is 14.2. The van der Waals surface area contributed by atoms with Gasteiger partial charge in [-0.3, -0.25) is 4.79 Å². The third-order valence-electron chi connectivity index (χ3n) is 2.47. The summed E-state index contributed by atoms with van der Waals surface area (Å²) in [6, 6.07) is 5.21. The van der Waals surface area contributed by atoms with Gasteiger partial charge in [0.2, 0.25) is 0 Å². The average molecular weight is 330 g/mol. The molecule has 2 aromatic carbocycles. The van der Waals surface area contributed by atoms with Gasteiger partial charge in [-0.25, -0.2) is 13.2 Å². The van der Waals surface area contributed by atoms with Crippen molar-refractivity contribution in [3.8, 4) is 0 Å². The zero-order valence-corrected chi connectivity index (χ0v) is 11.0. The van der Waals surface area contributed by atoms with Crippen molar-refractivity contribution in [1.82, 2.24) is 0 Å². The number of anilines is 1. The monoisotopic (exact) mass is 329 g/mol. The molecule has 2 aromatic rings. The first-order valence-corrected chi connectivity index (χ1v) is 5.93. The second-order valence-corrected chi connectivity index (χ2v) is 4.67. The average Bonchev–Trinajstić information content (AvgIpc) is 2.30. The summed E-state index contributed by atoms with van der Waals surface area (Å²) in [7, 11) is 0. The molecule has 19 heavy (non-hydrogen) atoms. The summed E-state index contributed by atoms with van der Waals surface area (Å²) in [6.07, 6.45) is 0. The van der Waals surface area contributed by atoms with E-state index in [1.165, 1.54) is 18.2 Å². The molecule has 0 amide bonds. The summed E-state index contributed by atoms with van der Waals surface area (Å²) in [5.74, 6) is -4.50. The summed E-state index contributed by atoms with van der Waals surface area (Å²) < 4.78 is 40.2. The van der Waals surface area contributed by atoms with E-state index in [1.54, 1.807) is 0 Å². The lowest BCUT2D eigenvalue weighted by Crippen LogP contribution is -2.09. The highest BCUT2D eigenvalue weighted by Gasteiger charge is 2.22. The number of nitrogen functional groups attached to an aromatic ring is 1. The van der Waals surface area contributed by atoms with Crippen LogP contribution in [0.5, 0.6) is 0 Å². The Morgan fingerprint density at radius 2 is 1.63 bits per heavy atom. The van der Waals surface area contributed by atoms with Crippen molar-refractivity contribution in [1.29, 1.82) is 0 Å². The molecule has 0 atom stereocenters. The maximum absolute atomic E-state index is 13.5. The Kier molecular flexibility index (Phi) is 3.61. The first-order valence-electron chi connectivity index (χ1n) is 5.14. The van der Waals surface area contributed by atoms with Crippen molar-refractivity contribution < 1.29 is 18.0 Å². The Bertz CT molecular complexity index is 650. The molecule has 0 aromatic heterocycles. The van der Waals surface area contributed by atoms with Crippen molar-refractivity contribution in [2.75, 3.05) is 5.73 Å². The summed E-state index contributed by atoms with van der Waals surface area (Å²) in [5, 5.41) is 0. The highest BCUT2D eigenvalue weighted by Crippen LogP contribution is 2.25. The predicted octanol–water partition coefficient (Wildman–Crippen LogP) is 3.68. The summed E-state index contributed by atoms with van der Waals surface area (Å²) in [6.45, 7) is 0. The molecular weight excluding hydrogens is 323 g/mol. The maximum atomic E-state index is 13.5. The molecular formula is C13H7BrF3NO. The first kappa shape index (κ1) is 13.6. The summed E-state index contributed by atoms with van der Waals surface area (Å²) in [5.41, 5.74) is 4.99. The fourth-order valence-electron chi connectivity index (χ4n) is 1.61. The van der Waals surface area contributed by atoms with Crippen molar-refractivity contribution in [3.05, 3.63) is 63.4 Å². The lowest BCUT2D eigenvalue weighted by molar-refractivity contribution is 0.103. The van der Waals surface area contributed by atoms with E-state index >= 15 is 0 Å². The second kappa shape index (κ2) is 5.05. The van der Waals surface area contributed by atoms with Crippen LogP contribution in [0.3, 0.4) is 0 Å². The van der Waals surface area contributed by atoms with Crippen LogP contribution in [0, 0.1) is 17.5 Å². The van der Waals surface area contributed by atoms with Gasteiger partial charge in [-0.05, 0) is 18.2 Å². The lowest BCUT2D eigenvalue weighted by atomic mass is 10.0. The van der Waals surface area contributed by atoms with Crippen LogP contribution in [-0.2, 0) is 0 Å². The number of carbonyl (C=O) groups excluding carboxylic acids is 1. The topological polar surface area (TPSA) is 43.1 Å². The first-order chi connectivity index (χ1) is 8.90. The lowest BCUT2D eigenvalue weighted by Gasteiger charge is -2.07. The molecule has 2 nitrogen and oxygen atoms in total. The number of carbonyl (C=O) groups is 1. The zero-order valence-electron chi connectivity index (χ0n) is 9.38. The molecule has 2 N–H and O–H groups in total. The molecule has 0 heterocycles. The van der Waals surface area contributed by atoms with E-state index in [9.17, 15) is 18.0 Å². The molecule has 0 bridgehead atoms. The SMILES string of the molecule is Nc1ccc(Br)c(C(=O)c2c(F)cc(F)cc2F)c1. The van der Waals surface area contributed by atoms with Gasteiger partial charge in [0.05, 0.1) is 5.56 Å². The molecule has 0 aliphatic rings. The standard InChI is InChI=1S/C13H7BrF3NO/c14-9-2-1-7(18)5-8(9)13(19)12-10(16)3-6(15)4-11(12)17/h1-5H,18H2. The molecule has 0 spiro atoms. The third-order valence-corrected chi connectivity index (χ3v) is 3.16. The van der Waals surface area contributed by atoms with Gasteiger partial charge >= 0.3 is 0 Å². The molecule has 0 aliphatic heterocycles. The minimum absolute atomic E-state index is 0.00408. The van der Waals surface area contributed by atoms with Crippen LogP contribution in [-0.4, -0.2) is 5.78 Å². The molecule has 0 saturated carbocycles. The minimum Gasteiger partial charge on any atom is -0.399 e. The van der Waals surface area contributed by atoms with Crippen LogP contribution in [0.1, 0.15) is 15.9 Å². The van der Waals surface area contributed by atoms with Gasteiger partial charge in [-0.15, -0.1) is 0 Å². The van der Waals surface area contributed by atoms with E-state index in [0.717, 1.165) is 0 Å². The van der Waals surface area contributed by atoms with Gasteiger partial charge in [0, 0.05) is 27.9 Å². The van der Waals surface area contributed by atoms with Gasteiger partial charge in [-0.1, -0.05) is 15.9 Å². The largest absolute Gasteiger partial charge is 0.399 e. The molecule has 98 valence electrons. The van der Waals surface area contributed by atoms with Gasteiger partial charge in [-0.2, -0.15) is 0 Å². The number of rotatable bonds is 2. The van der Waals surface area contributed by atoms with Crippen LogP contribution in [0.25, 0.3) is 0 Å². The molecule has 0 saturated heterocycles. The van der Waals surface area contributed by atoms with Crippen molar-refractivity contribution in [3.63, 3.8) is 0 Å². The number of hydrogen-bond donors (Lipinski definition) is 1. The smallest absolute Gasteiger partial charge is 0.200 e. The van der Waals surface area contributed by atoms with E-state index in [4.69, 9.17) is 5.73 Å². The van der Waals surface area contributed by atoms with Crippen LogP contribution in [0.2, 0.25) is 0 Å². The Morgan fingerprint density at radius 1 is 1.05 bits per heavy atom. The van der Waals surface area contributed by atoms with Gasteiger partial charge in [0.25, 0.3) is 0 Å². The third kappa shape index (κ3) is 2.63. The van der Waals surface area contributed by atoms with Crippen molar-refractivity contribution in [2.45, 2.75) is 0 Å². The fourth-order valence-corrected chi connectivity index (χ4v) is 2.04. The Balaban J connectivity index is 2.59. The highest BCUT2D eigenvalue weighted by atomic mass is 79.9. The Morgan fingerprint density at radius 3 is 2.21 bits per heavy atom. The van der Waals surface area contributed by atoms with Gasteiger partial charge in [0.15, 0.2) is 5.78 Å². The van der Waals surface area contributed by atoms with E-state index in [1.807, 2.05) is 0 Å². The number of hydrogen-bond acceptors (Lipinski definition) is 2. The molecule has 0 unspecified atom stereocenters. The van der Waals surface area contributed by atoms with E-state index in [2.05, 4.69) is 15.9 Å². The molecule has 6 heteroatoms. The minimum atomic E-state index is -1.25. The number of benzene rings is 2. The van der Waals surface area contributed by atoms with E-state index in [-0.39, 0.29) is 11.3 Å². The van der Waals surface area contributed by atoms with Gasteiger partial charge in [0.1, 0.15) is 17.5 Å². The highest BCUT2D eigenvalue weighted by molar-refractivity contribution is 9.10. The fraction of sp³-hybridized carbons (Fsp3) is 0. The van der Waals surface area contributed by atoms with E-state index in [0.29, 0.717) is 16.6 Å². The normalized spacial score (nSPS) is 10.5. The van der Waals surface area contributed by atoms with Crippen LogP contribution in [0.4, 0.5) is 18.9 Å². The van der Waals surface area contributed by atoms with Crippen LogP contribution >= 0.6 is 15.9 Å².